The summed E-state index contributed by atoms with van der Waals surface area (Å²) in [5.74, 6) is -3.11. The van der Waals surface area contributed by atoms with Gasteiger partial charge < -0.3 is 19.9 Å². The molecule has 4 rings (SSSR count). The number of benzene rings is 1. The van der Waals surface area contributed by atoms with Crippen molar-refractivity contribution in [3.63, 3.8) is 0 Å². The van der Waals surface area contributed by atoms with Crippen molar-refractivity contribution >= 4 is 28.6 Å². The number of carbonyl (C=O) groups is 2. The fourth-order valence-electron chi connectivity index (χ4n) is 2.69. The van der Waals surface area contributed by atoms with Gasteiger partial charge in [-0.3, -0.25) is 9.36 Å². The minimum atomic E-state index is -1.36. The number of hydrogen-bond acceptors (Lipinski definition) is 8. The van der Waals surface area contributed by atoms with E-state index in [4.69, 9.17) is 4.42 Å². The summed E-state index contributed by atoms with van der Waals surface area (Å²) < 4.78 is 7.20. The Balaban J connectivity index is 1.62. The SMILES string of the molecule is Cn1c(=O)oc2ccc(CNC(=O)c3cc(C(=O)O)n4nnc(O)c4n3)cc21. The molecule has 0 atom stereocenters. The molecule has 0 aliphatic carbocycles. The number of hydrogen-bond donors (Lipinski definition) is 3. The lowest BCUT2D eigenvalue weighted by molar-refractivity contribution is 0.0687. The molecule has 28 heavy (non-hydrogen) atoms. The van der Waals surface area contributed by atoms with Crippen molar-refractivity contribution in [3.8, 4) is 5.88 Å². The number of aromatic carboxylic acids is 1. The second-order valence-electron chi connectivity index (χ2n) is 5.89. The van der Waals surface area contributed by atoms with Crippen LogP contribution in [0.25, 0.3) is 16.7 Å². The van der Waals surface area contributed by atoms with Crippen molar-refractivity contribution in [1.29, 1.82) is 0 Å². The van der Waals surface area contributed by atoms with Gasteiger partial charge in [0.2, 0.25) is 5.65 Å². The highest BCUT2D eigenvalue weighted by Gasteiger charge is 2.20. The van der Waals surface area contributed by atoms with E-state index in [1.807, 2.05) is 0 Å². The molecule has 3 aromatic heterocycles. The lowest BCUT2D eigenvalue weighted by Gasteiger charge is -2.07. The van der Waals surface area contributed by atoms with Crippen molar-refractivity contribution in [3.05, 3.63) is 51.8 Å². The van der Waals surface area contributed by atoms with Gasteiger partial charge in [0.1, 0.15) is 5.69 Å². The van der Waals surface area contributed by atoms with Gasteiger partial charge in [0, 0.05) is 19.7 Å². The normalized spacial score (nSPS) is 11.2. The zero-order valence-electron chi connectivity index (χ0n) is 14.3. The van der Waals surface area contributed by atoms with Crippen molar-refractivity contribution in [2.45, 2.75) is 6.54 Å². The first kappa shape index (κ1) is 17.2. The van der Waals surface area contributed by atoms with Gasteiger partial charge in [-0.25, -0.2) is 14.6 Å². The molecule has 3 heterocycles. The molecule has 1 aromatic carbocycles. The third kappa shape index (κ3) is 2.72. The molecule has 142 valence electrons. The Kier molecular flexibility index (Phi) is 3.80. The van der Waals surface area contributed by atoms with Crippen LogP contribution in [0, 0.1) is 0 Å². The summed E-state index contributed by atoms with van der Waals surface area (Å²) in [4.78, 5) is 39.3. The van der Waals surface area contributed by atoms with Crippen LogP contribution in [0.15, 0.2) is 33.5 Å². The highest BCUT2D eigenvalue weighted by Crippen LogP contribution is 2.16. The Hall–Kier alpha value is -4.22. The molecule has 0 fully saturated rings. The van der Waals surface area contributed by atoms with E-state index in [2.05, 4.69) is 20.6 Å². The number of rotatable bonds is 4. The third-order valence-electron chi connectivity index (χ3n) is 4.12. The number of oxazole rings is 1. The van der Waals surface area contributed by atoms with E-state index in [0.717, 1.165) is 10.6 Å². The number of aromatic nitrogens is 5. The van der Waals surface area contributed by atoms with Crippen LogP contribution in [0.4, 0.5) is 0 Å². The number of amides is 1. The average molecular weight is 384 g/mol. The molecule has 0 spiro atoms. The van der Waals surface area contributed by atoms with Crippen LogP contribution in [0.1, 0.15) is 26.5 Å². The largest absolute Gasteiger partial charge is 0.489 e. The second-order valence-corrected chi connectivity index (χ2v) is 5.89. The Morgan fingerprint density at radius 1 is 1.29 bits per heavy atom. The number of carboxylic acids is 1. The first-order valence-corrected chi connectivity index (χ1v) is 7.90. The van der Waals surface area contributed by atoms with Gasteiger partial charge in [0.15, 0.2) is 11.3 Å². The lowest BCUT2D eigenvalue weighted by atomic mass is 10.2. The number of aryl methyl sites for hydroxylation is 1. The minimum Gasteiger partial charge on any atom is -0.489 e. The molecule has 3 N–H and O–H groups in total. The van der Waals surface area contributed by atoms with Crippen LogP contribution in [0.5, 0.6) is 5.88 Å². The molecule has 0 saturated heterocycles. The molecule has 0 saturated carbocycles. The lowest BCUT2D eigenvalue weighted by Crippen LogP contribution is -2.25. The number of fused-ring (bicyclic) bond motifs is 2. The Labute approximate surface area is 154 Å². The van der Waals surface area contributed by atoms with E-state index in [0.29, 0.717) is 16.7 Å². The van der Waals surface area contributed by atoms with Crippen LogP contribution >= 0.6 is 0 Å². The number of carbonyl (C=O) groups excluding carboxylic acids is 1. The standard InChI is InChI=1S/C16H12N6O6/c1-21-9-4-7(2-3-11(9)28-16(21)27)6-17-13(23)8-5-10(15(25)26)22-12(18-8)14(24)19-20-22/h2-5,24H,6H2,1H3,(H,17,23)(H,25,26). The van der Waals surface area contributed by atoms with Gasteiger partial charge in [0.25, 0.3) is 11.8 Å². The minimum absolute atomic E-state index is 0.0902. The molecule has 0 aliphatic rings. The summed E-state index contributed by atoms with van der Waals surface area (Å²) in [5.41, 5.74) is 0.826. The fraction of sp³-hybridized carbons (Fsp3) is 0.125. The summed E-state index contributed by atoms with van der Waals surface area (Å²) >= 11 is 0. The van der Waals surface area contributed by atoms with Crippen LogP contribution in [-0.2, 0) is 13.6 Å². The third-order valence-corrected chi connectivity index (χ3v) is 4.12. The van der Waals surface area contributed by atoms with Crippen LogP contribution in [0.2, 0.25) is 0 Å². The van der Waals surface area contributed by atoms with Crippen molar-refractivity contribution < 1.29 is 24.2 Å². The van der Waals surface area contributed by atoms with Crippen molar-refractivity contribution in [2.75, 3.05) is 0 Å². The molecule has 12 nitrogen and oxygen atoms in total. The highest BCUT2D eigenvalue weighted by molar-refractivity contribution is 5.96. The zero-order valence-corrected chi connectivity index (χ0v) is 14.3. The monoisotopic (exact) mass is 384 g/mol. The van der Waals surface area contributed by atoms with E-state index in [9.17, 15) is 24.6 Å². The summed E-state index contributed by atoms with van der Waals surface area (Å²) in [6, 6.07) is 6.01. The summed E-state index contributed by atoms with van der Waals surface area (Å²) in [6.07, 6.45) is 0. The van der Waals surface area contributed by atoms with Crippen LogP contribution in [-0.4, -0.2) is 46.5 Å². The van der Waals surface area contributed by atoms with Gasteiger partial charge >= 0.3 is 11.7 Å². The Morgan fingerprint density at radius 2 is 2.07 bits per heavy atom. The van der Waals surface area contributed by atoms with E-state index in [-0.39, 0.29) is 23.6 Å². The highest BCUT2D eigenvalue weighted by atomic mass is 16.4. The molecule has 4 aromatic rings. The maximum Gasteiger partial charge on any atom is 0.419 e. The molecule has 0 bridgehead atoms. The molecule has 0 unspecified atom stereocenters. The topological polar surface area (TPSA) is 165 Å². The first-order valence-electron chi connectivity index (χ1n) is 7.90. The van der Waals surface area contributed by atoms with Crippen molar-refractivity contribution in [1.82, 2.24) is 29.7 Å². The Bertz CT molecular complexity index is 1320. The maximum absolute atomic E-state index is 12.4. The summed E-state index contributed by atoms with van der Waals surface area (Å²) in [5, 5.41) is 28.3. The van der Waals surface area contributed by atoms with Crippen LogP contribution in [0.3, 0.4) is 0 Å². The first-order chi connectivity index (χ1) is 13.3. The number of carboxylic acid groups (broad SMARTS) is 1. The summed E-state index contributed by atoms with van der Waals surface area (Å²) in [7, 11) is 1.56. The number of aromatic hydroxyl groups is 1. The van der Waals surface area contributed by atoms with Crippen molar-refractivity contribution in [2.24, 2.45) is 7.05 Å². The molecule has 0 aliphatic heterocycles. The maximum atomic E-state index is 12.4. The van der Waals surface area contributed by atoms with E-state index in [1.54, 1.807) is 25.2 Å². The molecular weight excluding hydrogens is 372 g/mol. The zero-order chi connectivity index (χ0) is 20.0. The Morgan fingerprint density at radius 3 is 2.82 bits per heavy atom. The molecule has 1 amide bonds. The van der Waals surface area contributed by atoms with Gasteiger partial charge in [-0.1, -0.05) is 16.4 Å². The molecule has 0 radical (unpaired) electrons. The van der Waals surface area contributed by atoms with Gasteiger partial charge in [-0.15, -0.1) is 0 Å². The number of nitrogens with zero attached hydrogens (tertiary/aromatic N) is 5. The summed E-state index contributed by atoms with van der Waals surface area (Å²) in [6.45, 7) is 0.0902. The quantitative estimate of drug-likeness (QED) is 0.436. The molecular formula is C16H12N6O6. The van der Waals surface area contributed by atoms with Gasteiger partial charge in [0.05, 0.1) is 5.52 Å². The number of nitrogens with one attached hydrogen (secondary N) is 1. The smallest absolute Gasteiger partial charge is 0.419 e. The van der Waals surface area contributed by atoms with E-state index in [1.165, 1.54) is 4.57 Å². The predicted octanol–water partition coefficient (Wildman–Crippen LogP) is -0.0970. The van der Waals surface area contributed by atoms with E-state index < -0.39 is 23.5 Å². The second kappa shape index (κ2) is 6.19. The van der Waals surface area contributed by atoms with Gasteiger partial charge in [-0.05, 0) is 17.7 Å². The van der Waals surface area contributed by atoms with Crippen LogP contribution < -0.4 is 11.1 Å². The molecule has 12 heteroatoms. The van der Waals surface area contributed by atoms with E-state index >= 15 is 0 Å². The van der Waals surface area contributed by atoms with Gasteiger partial charge in [-0.2, -0.15) is 4.52 Å². The fourth-order valence-corrected chi connectivity index (χ4v) is 2.69. The predicted molar refractivity (Wildman–Crippen MR) is 92.0 cm³/mol. The average Bonchev–Trinajstić information content (AvgIpc) is 3.19.